The van der Waals surface area contributed by atoms with E-state index in [0.717, 1.165) is 0 Å². The third-order valence-corrected chi connectivity index (χ3v) is 2.67. The van der Waals surface area contributed by atoms with Gasteiger partial charge in [0.15, 0.2) is 0 Å². The van der Waals surface area contributed by atoms with E-state index in [1.54, 1.807) is 7.05 Å². The molecule has 1 rings (SSSR count). The molecule has 3 atom stereocenters. The number of ether oxygens (including phenoxy) is 1. The Balaban J connectivity index is 2.66. The lowest BCUT2D eigenvalue weighted by atomic mass is 9.92. The summed E-state index contributed by atoms with van der Waals surface area (Å²) in [4.78, 5) is 4.95. The number of rotatable bonds is 4. The van der Waals surface area contributed by atoms with E-state index in [1.165, 1.54) is 12.2 Å². The lowest BCUT2D eigenvalue weighted by Crippen LogP contribution is -2.51. The van der Waals surface area contributed by atoms with Crippen LogP contribution in [0.15, 0.2) is 0 Å². The summed E-state index contributed by atoms with van der Waals surface area (Å²) in [5, 5.41) is 20.6. The summed E-state index contributed by atoms with van der Waals surface area (Å²) >= 11 is 0. The molecular formula is C8H18BNO4. The van der Waals surface area contributed by atoms with Gasteiger partial charge in [-0.2, -0.15) is 5.06 Å². The van der Waals surface area contributed by atoms with Gasteiger partial charge in [-0.1, -0.05) is 0 Å². The highest BCUT2D eigenvalue weighted by Gasteiger charge is 2.46. The minimum Gasteiger partial charge on any atom is -0.393 e. The highest BCUT2D eigenvalue weighted by molar-refractivity contribution is 6.11. The van der Waals surface area contributed by atoms with Crippen molar-refractivity contribution in [3.05, 3.63) is 0 Å². The van der Waals surface area contributed by atoms with E-state index in [2.05, 4.69) is 0 Å². The van der Waals surface area contributed by atoms with Crippen LogP contribution in [0.4, 0.5) is 0 Å². The zero-order chi connectivity index (χ0) is 10.8. The standard InChI is InChI=1S/C8H18BNO4/c1-10(13-2)4-8(5-11)6(12)3-7(9)14-8/h6-7,11-12H,3-5,9H2,1-2H3/t6?,7-,8-/m1/s1. The molecule has 1 aliphatic heterocycles. The third kappa shape index (κ3) is 2.27. The van der Waals surface area contributed by atoms with Crippen LogP contribution >= 0.6 is 0 Å². The summed E-state index contributed by atoms with van der Waals surface area (Å²) in [7, 11) is 5.15. The Kier molecular flexibility index (Phi) is 3.91. The maximum atomic E-state index is 9.79. The number of aliphatic hydroxyl groups is 2. The van der Waals surface area contributed by atoms with Crippen molar-refractivity contribution in [3.8, 4) is 0 Å². The second-order valence-electron chi connectivity index (χ2n) is 3.87. The Hall–Kier alpha value is -0.135. The fourth-order valence-corrected chi connectivity index (χ4v) is 1.83. The van der Waals surface area contributed by atoms with E-state index < -0.39 is 11.7 Å². The molecule has 0 aromatic heterocycles. The van der Waals surface area contributed by atoms with Gasteiger partial charge in [-0.15, -0.1) is 0 Å². The zero-order valence-corrected chi connectivity index (χ0v) is 8.93. The maximum absolute atomic E-state index is 9.79. The predicted octanol–water partition coefficient (Wildman–Crippen LogP) is -2.05. The normalized spacial score (nSPS) is 38.1. The molecule has 2 N–H and O–H groups in total. The molecule has 0 bridgehead atoms. The molecule has 1 fully saturated rings. The molecule has 0 aliphatic carbocycles. The molecule has 0 aromatic rings. The van der Waals surface area contributed by atoms with Gasteiger partial charge in [0.25, 0.3) is 0 Å². The van der Waals surface area contributed by atoms with Crippen LogP contribution in [0, 0.1) is 0 Å². The van der Waals surface area contributed by atoms with Gasteiger partial charge in [0.05, 0.1) is 26.4 Å². The van der Waals surface area contributed by atoms with E-state index in [9.17, 15) is 10.2 Å². The first-order valence-electron chi connectivity index (χ1n) is 4.76. The average molecular weight is 203 g/mol. The molecule has 0 spiro atoms. The Morgan fingerprint density at radius 3 is 2.71 bits per heavy atom. The summed E-state index contributed by atoms with van der Waals surface area (Å²) in [6, 6.07) is -0.0255. The number of likely N-dealkylation sites (N-methyl/N-ethyl adjacent to an activating group) is 1. The molecule has 1 heterocycles. The first-order chi connectivity index (χ1) is 6.54. The molecule has 1 aliphatic rings. The van der Waals surface area contributed by atoms with Gasteiger partial charge >= 0.3 is 0 Å². The van der Waals surface area contributed by atoms with Crippen LogP contribution in [-0.2, 0) is 9.57 Å². The Morgan fingerprint density at radius 1 is 1.71 bits per heavy atom. The van der Waals surface area contributed by atoms with Gasteiger partial charge in [-0.25, -0.2) is 0 Å². The number of hydrogen-bond donors (Lipinski definition) is 2. The first kappa shape index (κ1) is 11.9. The quantitative estimate of drug-likeness (QED) is 0.407. The van der Waals surface area contributed by atoms with E-state index in [0.29, 0.717) is 13.0 Å². The second-order valence-corrected chi connectivity index (χ2v) is 3.87. The second kappa shape index (κ2) is 4.59. The van der Waals surface area contributed by atoms with Crippen LogP contribution in [-0.4, -0.2) is 68.1 Å². The van der Waals surface area contributed by atoms with Gasteiger partial charge in [0.2, 0.25) is 0 Å². The maximum Gasteiger partial charge on any atom is 0.139 e. The highest BCUT2D eigenvalue weighted by Crippen LogP contribution is 2.30. The molecule has 5 nitrogen and oxygen atoms in total. The molecular weight excluding hydrogens is 185 g/mol. The van der Waals surface area contributed by atoms with Gasteiger partial charge in [0, 0.05) is 13.1 Å². The fraction of sp³-hybridized carbons (Fsp3) is 1.00. The highest BCUT2D eigenvalue weighted by atomic mass is 16.7. The molecule has 14 heavy (non-hydrogen) atoms. The number of hydrogen-bond acceptors (Lipinski definition) is 5. The van der Waals surface area contributed by atoms with Gasteiger partial charge < -0.3 is 19.8 Å². The SMILES string of the molecule is B[C@H]1CC(O)[C@](CO)(CN(C)OC)O1. The Morgan fingerprint density at radius 2 is 2.36 bits per heavy atom. The molecule has 0 amide bonds. The number of hydroxylamine groups is 2. The molecule has 0 saturated carbocycles. The van der Waals surface area contributed by atoms with Crippen molar-refractivity contribution in [1.29, 1.82) is 0 Å². The smallest absolute Gasteiger partial charge is 0.139 e. The van der Waals surface area contributed by atoms with Crippen LogP contribution in [0.5, 0.6) is 0 Å². The van der Waals surface area contributed by atoms with Gasteiger partial charge in [-0.3, -0.25) is 0 Å². The Bertz CT molecular complexity index is 194. The van der Waals surface area contributed by atoms with Crippen molar-refractivity contribution >= 4 is 7.85 Å². The summed E-state index contributed by atoms with van der Waals surface area (Å²) in [6.45, 7) is 0.151. The summed E-state index contributed by atoms with van der Waals surface area (Å²) < 4.78 is 5.56. The number of aliphatic hydroxyl groups excluding tert-OH is 2. The van der Waals surface area contributed by atoms with Crippen molar-refractivity contribution in [2.75, 3.05) is 27.3 Å². The van der Waals surface area contributed by atoms with Crippen LogP contribution < -0.4 is 0 Å². The van der Waals surface area contributed by atoms with Crippen molar-refractivity contribution in [1.82, 2.24) is 5.06 Å². The van der Waals surface area contributed by atoms with Crippen molar-refractivity contribution < 1.29 is 19.8 Å². The minimum absolute atomic E-state index is 0.0255. The largest absolute Gasteiger partial charge is 0.393 e. The van der Waals surface area contributed by atoms with Crippen molar-refractivity contribution in [3.63, 3.8) is 0 Å². The molecule has 82 valence electrons. The molecule has 0 aromatic carbocycles. The monoisotopic (exact) mass is 203 g/mol. The topological polar surface area (TPSA) is 62.2 Å². The number of nitrogens with zero attached hydrogens (tertiary/aromatic N) is 1. The summed E-state index contributed by atoms with van der Waals surface area (Å²) in [5.74, 6) is 0. The van der Waals surface area contributed by atoms with Gasteiger partial charge in [0.1, 0.15) is 13.4 Å². The van der Waals surface area contributed by atoms with Crippen molar-refractivity contribution in [2.24, 2.45) is 0 Å². The van der Waals surface area contributed by atoms with Crippen molar-refractivity contribution in [2.45, 2.75) is 24.1 Å². The lowest BCUT2D eigenvalue weighted by Gasteiger charge is -2.33. The minimum atomic E-state index is -0.899. The van der Waals surface area contributed by atoms with E-state index in [4.69, 9.17) is 9.57 Å². The Labute approximate surface area is 85.0 Å². The zero-order valence-electron chi connectivity index (χ0n) is 8.93. The summed E-state index contributed by atoms with van der Waals surface area (Å²) in [6.07, 6.45) is -0.0851. The van der Waals surface area contributed by atoms with E-state index >= 15 is 0 Å². The first-order valence-corrected chi connectivity index (χ1v) is 4.76. The van der Waals surface area contributed by atoms with E-state index in [-0.39, 0.29) is 12.6 Å². The van der Waals surface area contributed by atoms with Crippen LogP contribution in [0.1, 0.15) is 6.42 Å². The van der Waals surface area contributed by atoms with E-state index in [1.807, 2.05) is 7.85 Å². The lowest BCUT2D eigenvalue weighted by molar-refractivity contribution is -0.184. The average Bonchev–Trinajstić information content (AvgIpc) is 2.42. The molecule has 1 saturated heterocycles. The third-order valence-electron chi connectivity index (χ3n) is 2.67. The fourth-order valence-electron chi connectivity index (χ4n) is 1.83. The predicted molar refractivity (Wildman–Crippen MR) is 53.5 cm³/mol. The molecule has 1 unspecified atom stereocenters. The van der Waals surface area contributed by atoms with Crippen LogP contribution in [0.2, 0.25) is 0 Å². The van der Waals surface area contributed by atoms with Crippen LogP contribution in [0.25, 0.3) is 0 Å². The molecule has 6 heteroatoms. The van der Waals surface area contributed by atoms with Gasteiger partial charge in [-0.05, 0) is 6.42 Å². The van der Waals surface area contributed by atoms with Crippen LogP contribution in [0.3, 0.4) is 0 Å². The molecule has 0 radical (unpaired) electrons. The summed E-state index contributed by atoms with van der Waals surface area (Å²) in [5.41, 5.74) is -0.899.